The summed E-state index contributed by atoms with van der Waals surface area (Å²) in [5.41, 5.74) is 1.58. The van der Waals surface area contributed by atoms with E-state index in [-0.39, 0.29) is 30.5 Å². The number of hydrogen-bond acceptors (Lipinski definition) is 6. The monoisotopic (exact) mass is 591 g/mol. The largest absolute Gasteiger partial charge is 0.492 e. The first-order valence-electron chi connectivity index (χ1n) is 12.4. The van der Waals surface area contributed by atoms with Crippen LogP contribution in [0, 0.1) is 0 Å². The lowest BCUT2D eigenvalue weighted by molar-refractivity contribution is 0.0947. The van der Waals surface area contributed by atoms with Crippen LogP contribution in [-0.2, 0) is 26.6 Å². The van der Waals surface area contributed by atoms with E-state index in [1.807, 2.05) is 0 Å². The van der Waals surface area contributed by atoms with E-state index in [1.54, 1.807) is 60.7 Å². The number of rotatable bonds is 11. The van der Waals surface area contributed by atoms with Gasteiger partial charge < -0.3 is 10.1 Å². The number of hydrogen-bond donors (Lipinski definition) is 1. The first-order chi connectivity index (χ1) is 18.5. The van der Waals surface area contributed by atoms with E-state index >= 15 is 0 Å². The molecule has 39 heavy (non-hydrogen) atoms. The minimum Gasteiger partial charge on any atom is -0.492 e. The second kappa shape index (κ2) is 12.4. The Balaban J connectivity index is 1.27. The average Bonchev–Trinajstić information content (AvgIpc) is 3.46. The molecule has 4 rings (SSSR count). The Hall–Kier alpha value is -3.12. The number of nitrogens with zero attached hydrogens (tertiary/aromatic N) is 2. The lowest BCUT2D eigenvalue weighted by Crippen LogP contribution is -2.29. The number of benzene rings is 3. The molecule has 1 fully saturated rings. The molecule has 208 valence electrons. The van der Waals surface area contributed by atoms with Crippen LogP contribution in [0.2, 0.25) is 5.02 Å². The van der Waals surface area contributed by atoms with Gasteiger partial charge in [-0.3, -0.25) is 9.10 Å². The van der Waals surface area contributed by atoms with Crippen LogP contribution in [0.5, 0.6) is 5.75 Å². The van der Waals surface area contributed by atoms with Gasteiger partial charge in [-0.15, -0.1) is 0 Å². The van der Waals surface area contributed by atoms with Gasteiger partial charge in [-0.1, -0.05) is 29.8 Å². The van der Waals surface area contributed by atoms with Crippen molar-refractivity contribution in [3.05, 3.63) is 88.9 Å². The Kier molecular flexibility index (Phi) is 9.16. The fourth-order valence-electron chi connectivity index (χ4n) is 4.18. The average molecular weight is 592 g/mol. The van der Waals surface area contributed by atoms with Crippen LogP contribution >= 0.6 is 11.6 Å². The second-order valence-corrected chi connectivity index (χ2v) is 13.4. The molecule has 0 spiro atoms. The first kappa shape index (κ1) is 28.9. The van der Waals surface area contributed by atoms with Gasteiger partial charge in [-0.05, 0) is 73.0 Å². The maximum absolute atomic E-state index is 12.6. The van der Waals surface area contributed by atoms with Crippen molar-refractivity contribution in [2.45, 2.75) is 24.3 Å². The molecule has 0 aliphatic carbocycles. The molecule has 0 saturated carbocycles. The van der Waals surface area contributed by atoms with Crippen LogP contribution in [0.1, 0.15) is 28.8 Å². The van der Waals surface area contributed by atoms with Crippen molar-refractivity contribution in [3.8, 4) is 5.75 Å². The summed E-state index contributed by atoms with van der Waals surface area (Å²) in [7, 11) is -7.03. The van der Waals surface area contributed by atoms with E-state index in [0.29, 0.717) is 40.7 Å². The predicted molar refractivity (Wildman–Crippen MR) is 151 cm³/mol. The lowest BCUT2D eigenvalue weighted by Gasteiger charge is -2.22. The fourth-order valence-corrected chi connectivity index (χ4v) is 6.76. The Bertz CT molecular complexity index is 1510. The third kappa shape index (κ3) is 7.51. The summed E-state index contributed by atoms with van der Waals surface area (Å²) in [6.45, 7) is 1.62. The molecule has 1 N–H and O–H groups in total. The van der Waals surface area contributed by atoms with Crippen LogP contribution in [0.4, 0.5) is 5.69 Å². The Labute approximate surface area is 234 Å². The van der Waals surface area contributed by atoms with Crippen LogP contribution in [0.15, 0.2) is 77.7 Å². The van der Waals surface area contributed by atoms with Crippen molar-refractivity contribution in [2.24, 2.45) is 0 Å². The van der Waals surface area contributed by atoms with Gasteiger partial charge in [0.15, 0.2) is 0 Å². The number of carbonyl (C=O) groups excluding carboxylic acids is 1. The highest BCUT2D eigenvalue weighted by atomic mass is 35.5. The van der Waals surface area contributed by atoms with E-state index in [0.717, 1.165) is 19.1 Å². The van der Waals surface area contributed by atoms with Crippen molar-refractivity contribution in [1.82, 2.24) is 9.62 Å². The lowest BCUT2D eigenvalue weighted by atomic mass is 10.1. The zero-order chi connectivity index (χ0) is 28.0. The van der Waals surface area contributed by atoms with Gasteiger partial charge in [0.2, 0.25) is 20.0 Å². The van der Waals surface area contributed by atoms with Crippen molar-refractivity contribution in [2.75, 3.05) is 36.8 Å². The number of ether oxygens (including phenoxy) is 1. The number of halogens is 1. The first-order valence-corrected chi connectivity index (χ1v) is 16.0. The molecule has 0 atom stereocenters. The summed E-state index contributed by atoms with van der Waals surface area (Å²) in [4.78, 5) is 12.8. The number of carbonyl (C=O) groups is 1. The van der Waals surface area contributed by atoms with Gasteiger partial charge in [0, 0.05) is 23.7 Å². The summed E-state index contributed by atoms with van der Waals surface area (Å²) in [6.07, 6.45) is 2.88. The molecule has 1 heterocycles. The fraction of sp³-hybridized carbons (Fsp3) is 0.296. The highest BCUT2D eigenvalue weighted by Crippen LogP contribution is 2.25. The highest BCUT2D eigenvalue weighted by Gasteiger charge is 2.27. The zero-order valence-corrected chi connectivity index (χ0v) is 23.8. The molecule has 12 heteroatoms. The maximum atomic E-state index is 12.6. The number of amides is 1. The van der Waals surface area contributed by atoms with E-state index < -0.39 is 20.0 Å². The molecule has 0 unspecified atom stereocenters. The molecule has 1 amide bonds. The van der Waals surface area contributed by atoms with Crippen LogP contribution in [-0.4, -0.2) is 59.5 Å². The molecule has 1 saturated heterocycles. The molecule has 0 bridgehead atoms. The smallest absolute Gasteiger partial charge is 0.251 e. The van der Waals surface area contributed by atoms with Crippen molar-refractivity contribution in [1.29, 1.82) is 0 Å². The van der Waals surface area contributed by atoms with Crippen LogP contribution in [0.3, 0.4) is 0 Å². The minimum atomic E-state index is -3.56. The van der Waals surface area contributed by atoms with Crippen LogP contribution < -0.4 is 14.4 Å². The summed E-state index contributed by atoms with van der Waals surface area (Å²) < 4.78 is 58.3. The van der Waals surface area contributed by atoms with E-state index in [1.165, 1.54) is 20.7 Å². The Morgan fingerprint density at radius 2 is 1.64 bits per heavy atom. The van der Waals surface area contributed by atoms with Gasteiger partial charge in [-0.25, -0.2) is 16.8 Å². The molecule has 0 aromatic heterocycles. The SMILES string of the molecule is CS(=O)(=O)N(Cc1ccc(C(=O)NCCOc2ccc(S(=O)(=O)N3CCCC3)cc2)cc1)c1cccc(Cl)c1. The van der Waals surface area contributed by atoms with E-state index in [2.05, 4.69) is 5.32 Å². The minimum absolute atomic E-state index is 0.0903. The second-order valence-electron chi connectivity index (χ2n) is 9.13. The highest BCUT2D eigenvalue weighted by molar-refractivity contribution is 7.92. The third-order valence-electron chi connectivity index (χ3n) is 6.22. The zero-order valence-electron chi connectivity index (χ0n) is 21.4. The Morgan fingerprint density at radius 1 is 0.974 bits per heavy atom. The number of anilines is 1. The van der Waals surface area contributed by atoms with Crippen LogP contribution in [0.25, 0.3) is 0 Å². The summed E-state index contributed by atoms with van der Waals surface area (Å²) in [5.74, 6) is 0.205. The summed E-state index contributed by atoms with van der Waals surface area (Å²) in [6, 6.07) is 19.5. The normalized spacial score (nSPS) is 14.2. The van der Waals surface area contributed by atoms with Gasteiger partial charge in [0.25, 0.3) is 5.91 Å². The van der Waals surface area contributed by atoms with E-state index in [4.69, 9.17) is 16.3 Å². The predicted octanol–water partition coefficient (Wildman–Crippen LogP) is 3.90. The van der Waals surface area contributed by atoms with Gasteiger partial charge in [0.1, 0.15) is 12.4 Å². The third-order valence-corrected chi connectivity index (χ3v) is 9.51. The van der Waals surface area contributed by atoms with Crippen molar-refractivity contribution < 1.29 is 26.4 Å². The summed E-state index contributed by atoms with van der Waals surface area (Å²) >= 11 is 6.03. The van der Waals surface area contributed by atoms with Crippen molar-refractivity contribution >= 4 is 43.2 Å². The van der Waals surface area contributed by atoms with Gasteiger partial charge >= 0.3 is 0 Å². The number of nitrogens with one attached hydrogen (secondary N) is 1. The number of sulfonamides is 2. The van der Waals surface area contributed by atoms with Gasteiger partial charge in [-0.2, -0.15) is 4.31 Å². The van der Waals surface area contributed by atoms with E-state index in [9.17, 15) is 21.6 Å². The molecular formula is C27H30ClN3O6S2. The van der Waals surface area contributed by atoms with Crippen molar-refractivity contribution in [3.63, 3.8) is 0 Å². The Morgan fingerprint density at radius 3 is 2.26 bits per heavy atom. The molecule has 9 nitrogen and oxygen atoms in total. The molecular weight excluding hydrogens is 562 g/mol. The molecule has 1 aliphatic heterocycles. The topological polar surface area (TPSA) is 113 Å². The summed E-state index contributed by atoms with van der Waals surface area (Å²) in [5, 5.41) is 3.20. The quantitative estimate of drug-likeness (QED) is 0.338. The molecule has 1 aliphatic rings. The van der Waals surface area contributed by atoms with Gasteiger partial charge in [0.05, 0.1) is 29.9 Å². The standard InChI is InChI=1S/C27H30ClN3O6S2/c1-38(33,34)31(24-6-4-5-23(28)19-24)20-21-7-9-22(10-8-21)27(32)29-15-18-37-25-11-13-26(14-12-25)39(35,36)30-16-2-3-17-30/h4-14,19H,2-3,15-18,20H2,1H3,(H,29,32). The molecule has 3 aromatic rings. The molecule has 0 radical (unpaired) electrons. The molecule has 3 aromatic carbocycles. The maximum Gasteiger partial charge on any atom is 0.251 e.